The Kier molecular flexibility index (Phi) is 11.7. The van der Waals surface area contributed by atoms with Crippen LogP contribution in [0.1, 0.15) is 52.5 Å². The van der Waals surface area contributed by atoms with Crippen molar-refractivity contribution in [3.05, 3.63) is 59.2 Å². The number of amides is 3. The number of carbonyl (C=O) groups excluding carboxylic acids is 3. The van der Waals surface area contributed by atoms with Crippen LogP contribution < -0.4 is 30.3 Å². The van der Waals surface area contributed by atoms with Gasteiger partial charge in [0.1, 0.15) is 5.75 Å². The second-order valence-electron chi connectivity index (χ2n) is 10.4. The fourth-order valence-electron chi connectivity index (χ4n) is 4.10. The average Bonchev–Trinajstić information content (AvgIpc) is 3.82. The first-order valence-electron chi connectivity index (χ1n) is 14.0. The Balaban J connectivity index is 1.70. The molecule has 1 fully saturated rings. The lowest BCUT2D eigenvalue weighted by molar-refractivity contribution is -0.123. The summed E-state index contributed by atoms with van der Waals surface area (Å²) in [4.78, 5) is 38.6. The monoisotopic (exact) mass is 602 g/mol. The third kappa shape index (κ3) is 9.16. The Bertz CT molecular complexity index is 1340. The molecule has 230 valence electrons. The normalized spacial score (nSPS) is 13.8. The van der Waals surface area contributed by atoms with E-state index < -0.39 is 22.0 Å². The molecule has 0 heterocycles. The maximum Gasteiger partial charge on any atom is 0.303 e. The number of anilines is 1. The molecule has 1 aliphatic rings. The molecule has 3 amide bonds. The van der Waals surface area contributed by atoms with Crippen molar-refractivity contribution in [1.29, 1.82) is 0 Å². The van der Waals surface area contributed by atoms with E-state index in [1.807, 2.05) is 19.1 Å². The van der Waals surface area contributed by atoms with Gasteiger partial charge in [0.25, 0.3) is 11.8 Å². The number of hydrogen-bond acceptors (Lipinski definition) is 7. The van der Waals surface area contributed by atoms with Gasteiger partial charge in [0.05, 0.1) is 18.8 Å². The summed E-state index contributed by atoms with van der Waals surface area (Å²) in [6, 6.07) is 11.1. The van der Waals surface area contributed by atoms with Crippen LogP contribution in [0.4, 0.5) is 5.69 Å². The molecule has 4 N–H and O–H groups in total. The molecule has 0 bridgehead atoms. The molecular weight excluding hydrogens is 560 g/mol. The van der Waals surface area contributed by atoms with Crippen molar-refractivity contribution in [1.82, 2.24) is 25.6 Å². The van der Waals surface area contributed by atoms with Gasteiger partial charge in [-0.2, -0.15) is 12.7 Å². The second-order valence-corrected chi connectivity index (χ2v) is 12.6. The highest BCUT2D eigenvalue weighted by molar-refractivity contribution is 7.90. The van der Waals surface area contributed by atoms with Gasteiger partial charge in [-0.15, -0.1) is 0 Å². The van der Waals surface area contributed by atoms with Gasteiger partial charge < -0.3 is 26.0 Å². The number of hydrogen-bond donors (Lipinski definition) is 4. The van der Waals surface area contributed by atoms with Gasteiger partial charge in [-0.3, -0.25) is 18.7 Å². The molecule has 1 saturated carbocycles. The minimum absolute atomic E-state index is 0.0566. The quantitative estimate of drug-likeness (QED) is 0.213. The molecule has 12 nitrogen and oxygen atoms in total. The van der Waals surface area contributed by atoms with Crippen molar-refractivity contribution >= 4 is 33.6 Å². The largest absolute Gasteiger partial charge is 0.497 e. The van der Waals surface area contributed by atoms with Crippen LogP contribution in [0.25, 0.3) is 0 Å². The topological polar surface area (TPSA) is 149 Å². The van der Waals surface area contributed by atoms with Gasteiger partial charge in [0.15, 0.2) is 0 Å². The van der Waals surface area contributed by atoms with E-state index in [1.54, 1.807) is 19.2 Å². The Labute approximate surface area is 248 Å². The molecule has 13 heteroatoms. The molecular formula is C29H42N6O6S. The first-order chi connectivity index (χ1) is 20.0. The first kappa shape index (κ1) is 32.8. The predicted octanol–water partition coefficient (Wildman–Crippen LogP) is 1.49. The fraction of sp³-hybridized carbons (Fsp3) is 0.483. The number of nitrogens with zero attached hydrogens (tertiary/aromatic N) is 2. The van der Waals surface area contributed by atoms with Crippen molar-refractivity contribution in [2.45, 2.75) is 38.8 Å². The standard InChI is InChI=1S/C29H42N6O6S/c1-6-26(29(38)33-19-20-7-8-20)30-13-14-31-27(36)22-15-23(17-24(16-22)35(4)42(39,40)34(2)3)28(37)32-18-21-9-11-25(41-5)12-10-21/h9-12,15-17,20,26,30H,6-8,13-14,18-19H2,1-5H3,(H,31,36)(H,32,37)(H,33,38)/t26-/m0/s1. The van der Waals surface area contributed by atoms with Crippen molar-refractivity contribution in [2.24, 2.45) is 5.92 Å². The minimum atomic E-state index is -3.88. The zero-order valence-corrected chi connectivity index (χ0v) is 25.7. The molecule has 0 radical (unpaired) electrons. The minimum Gasteiger partial charge on any atom is -0.497 e. The van der Waals surface area contributed by atoms with Gasteiger partial charge >= 0.3 is 10.2 Å². The van der Waals surface area contributed by atoms with Crippen LogP contribution in [0.3, 0.4) is 0 Å². The van der Waals surface area contributed by atoms with Crippen molar-refractivity contribution in [2.75, 3.05) is 52.2 Å². The van der Waals surface area contributed by atoms with E-state index in [-0.39, 0.29) is 41.9 Å². The maximum absolute atomic E-state index is 13.1. The van der Waals surface area contributed by atoms with E-state index in [4.69, 9.17) is 4.74 Å². The zero-order valence-electron chi connectivity index (χ0n) is 24.9. The molecule has 42 heavy (non-hydrogen) atoms. The maximum atomic E-state index is 13.1. The summed E-state index contributed by atoms with van der Waals surface area (Å²) in [5.74, 6) is 0.268. The van der Waals surface area contributed by atoms with Crippen LogP contribution in [0.5, 0.6) is 5.75 Å². The van der Waals surface area contributed by atoms with Crippen LogP contribution in [-0.2, 0) is 21.5 Å². The third-order valence-corrected chi connectivity index (χ3v) is 8.84. The summed E-state index contributed by atoms with van der Waals surface area (Å²) in [7, 11) is 1.84. The van der Waals surface area contributed by atoms with E-state index in [9.17, 15) is 22.8 Å². The smallest absolute Gasteiger partial charge is 0.303 e. The number of benzene rings is 2. The van der Waals surface area contributed by atoms with E-state index in [0.717, 1.165) is 27.0 Å². The molecule has 0 aromatic heterocycles. The molecule has 0 aliphatic heterocycles. The molecule has 3 rings (SSSR count). The van der Waals surface area contributed by atoms with Crippen LogP contribution in [0.2, 0.25) is 0 Å². The summed E-state index contributed by atoms with van der Waals surface area (Å²) in [5, 5.41) is 11.7. The van der Waals surface area contributed by atoms with Crippen molar-refractivity contribution in [3.8, 4) is 5.75 Å². The Hall–Kier alpha value is -3.68. The number of methoxy groups -OCH3 is 1. The summed E-state index contributed by atoms with van der Waals surface area (Å²) < 4.78 is 32.8. The highest BCUT2D eigenvalue weighted by Gasteiger charge is 2.25. The lowest BCUT2D eigenvalue weighted by Gasteiger charge is -2.24. The van der Waals surface area contributed by atoms with Crippen LogP contribution in [-0.4, -0.2) is 84.4 Å². The Morgan fingerprint density at radius 1 is 0.929 bits per heavy atom. The van der Waals surface area contributed by atoms with Gasteiger partial charge in [0, 0.05) is 58.4 Å². The first-order valence-corrected chi connectivity index (χ1v) is 15.4. The number of rotatable bonds is 16. The van der Waals surface area contributed by atoms with Crippen molar-refractivity contribution < 1.29 is 27.5 Å². The molecule has 0 spiro atoms. The number of ether oxygens (including phenoxy) is 1. The van der Waals surface area contributed by atoms with E-state index in [1.165, 1.54) is 39.3 Å². The Morgan fingerprint density at radius 2 is 1.55 bits per heavy atom. The van der Waals surface area contributed by atoms with Crippen LogP contribution in [0.15, 0.2) is 42.5 Å². The van der Waals surface area contributed by atoms with Gasteiger partial charge in [-0.1, -0.05) is 19.1 Å². The summed E-state index contributed by atoms with van der Waals surface area (Å²) >= 11 is 0. The number of carbonyl (C=O) groups is 3. The summed E-state index contributed by atoms with van der Waals surface area (Å²) in [5.41, 5.74) is 1.24. The predicted molar refractivity (Wildman–Crippen MR) is 162 cm³/mol. The third-order valence-electron chi connectivity index (χ3n) is 7.01. The van der Waals surface area contributed by atoms with Gasteiger partial charge in [-0.25, -0.2) is 0 Å². The zero-order chi connectivity index (χ0) is 30.9. The second kappa shape index (κ2) is 15.0. The van der Waals surface area contributed by atoms with Crippen molar-refractivity contribution in [3.63, 3.8) is 0 Å². The van der Waals surface area contributed by atoms with Crippen LogP contribution >= 0.6 is 0 Å². The van der Waals surface area contributed by atoms with E-state index >= 15 is 0 Å². The molecule has 0 saturated heterocycles. The molecule has 1 aliphatic carbocycles. The summed E-state index contributed by atoms with van der Waals surface area (Å²) in [6.45, 7) is 3.40. The Morgan fingerprint density at radius 3 is 2.10 bits per heavy atom. The summed E-state index contributed by atoms with van der Waals surface area (Å²) in [6.07, 6.45) is 2.91. The van der Waals surface area contributed by atoms with Gasteiger partial charge in [-0.05, 0) is 61.1 Å². The molecule has 1 atom stereocenters. The van der Waals surface area contributed by atoms with E-state index in [2.05, 4.69) is 21.3 Å². The number of nitrogens with one attached hydrogen (secondary N) is 4. The van der Waals surface area contributed by atoms with Gasteiger partial charge in [0.2, 0.25) is 5.91 Å². The highest BCUT2D eigenvalue weighted by atomic mass is 32.2. The molecule has 2 aromatic carbocycles. The lowest BCUT2D eigenvalue weighted by atomic mass is 10.1. The lowest BCUT2D eigenvalue weighted by Crippen LogP contribution is -2.46. The van der Waals surface area contributed by atoms with E-state index in [0.29, 0.717) is 31.2 Å². The van der Waals surface area contributed by atoms with Crippen LogP contribution in [0, 0.1) is 5.92 Å². The SMILES string of the molecule is CC[C@H](NCCNC(=O)c1cc(C(=O)NCc2ccc(OC)cc2)cc(N(C)S(=O)(=O)N(C)C)c1)C(=O)NCC1CC1. The fourth-order valence-corrected chi connectivity index (χ4v) is 4.96. The molecule has 0 unspecified atom stereocenters. The molecule has 2 aromatic rings. The average molecular weight is 603 g/mol. The highest BCUT2D eigenvalue weighted by Crippen LogP contribution is 2.27.